The van der Waals surface area contributed by atoms with Gasteiger partial charge in [-0.15, -0.1) is 0 Å². The lowest BCUT2D eigenvalue weighted by Crippen LogP contribution is -2.39. The fourth-order valence-electron chi connectivity index (χ4n) is 4.78. The molecule has 5 aromatic rings. The van der Waals surface area contributed by atoms with Crippen molar-refractivity contribution >= 4 is 40.0 Å². The summed E-state index contributed by atoms with van der Waals surface area (Å²) in [5.41, 5.74) is 2.23. The molecule has 0 saturated carbocycles. The summed E-state index contributed by atoms with van der Waals surface area (Å²) >= 11 is 6.19. The number of aryl methyl sites for hydroxylation is 1. The maximum absolute atomic E-state index is 13.1. The summed E-state index contributed by atoms with van der Waals surface area (Å²) in [6, 6.07) is 11.2. The van der Waals surface area contributed by atoms with Crippen LogP contribution in [-0.2, 0) is 11.2 Å². The Morgan fingerprint density at radius 1 is 1.15 bits per heavy atom. The molecule has 2 N–H and O–H groups in total. The van der Waals surface area contributed by atoms with Gasteiger partial charge in [0, 0.05) is 43.1 Å². The number of H-pyrrole nitrogens is 1. The first-order valence-electron chi connectivity index (χ1n) is 12.8. The quantitative estimate of drug-likeness (QED) is 0.295. The number of fused-ring (bicyclic) bond motifs is 1. The topological polar surface area (TPSA) is 135 Å². The number of nitrogens with zero attached hydrogens (tertiary/aromatic N) is 6. The van der Waals surface area contributed by atoms with Gasteiger partial charge in [-0.05, 0) is 43.2 Å². The molecule has 204 valence electrons. The van der Waals surface area contributed by atoms with Crippen LogP contribution in [0.1, 0.15) is 41.7 Å². The molecule has 0 radical (unpaired) electrons. The molecule has 2 amide bonds. The van der Waals surface area contributed by atoms with Crippen LogP contribution in [0, 0.1) is 5.82 Å². The first-order chi connectivity index (χ1) is 19.4. The van der Waals surface area contributed by atoms with Crippen LogP contribution in [-0.4, -0.2) is 59.9 Å². The Labute approximate surface area is 232 Å². The van der Waals surface area contributed by atoms with Crippen molar-refractivity contribution in [3.8, 4) is 11.4 Å². The molecule has 40 heavy (non-hydrogen) atoms. The summed E-state index contributed by atoms with van der Waals surface area (Å²) < 4.78 is 20.2. The molecule has 11 nitrogen and oxygen atoms in total. The average Bonchev–Trinajstić information content (AvgIpc) is 3.73. The molecule has 0 unspecified atom stereocenters. The van der Waals surface area contributed by atoms with E-state index in [0.29, 0.717) is 57.7 Å². The van der Waals surface area contributed by atoms with Gasteiger partial charge in [0.25, 0.3) is 5.91 Å². The summed E-state index contributed by atoms with van der Waals surface area (Å²) in [4.78, 5) is 31.7. The maximum atomic E-state index is 13.1. The van der Waals surface area contributed by atoms with E-state index in [1.165, 1.54) is 12.1 Å². The van der Waals surface area contributed by atoms with Gasteiger partial charge in [-0.3, -0.25) is 19.4 Å². The van der Waals surface area contributed by atoms with Gasteiger partial charge in [0.15, 0.2) is 0 Å². The second-order valence-corrected chi connectivity index (χ2v) is 9.94. The number of aromatic amines is 1. The van der Waals surface area contributed by atoms with Crippen molar-refractivity contribution in [1.82, 2.24) is 35.0 Å². The molecule has 1 fully saturated rings. The third-order valence-electron chi connectivity index (χ3n) is 6.90. The molecule has 3 aromatic heterocycles. The van der Waals surface area contributed by atoms with Crippen LogP contribution in [0.15, 0.2) is 59.4 Å². The van der Waals surface area contributed by atoms with Crippen molar-refractivity contribution in [2.45, 2.75) is 31.7 Å². The first-order valence-corrected chi connectivity index (χ1v) is 13.2. The number of likely N-dealkylation sites (tertiary alicyclic amines) is 1. The van der Waals surface area contributed by atoms with Crippen LogP contribution < -0.4 is 5.32 Å². The van der Waals surface area contributed by atoms with E-state index in [-0.39, 0.29) is 36.5 Å². The number of benzene rings is 2. The monoisotopic (exact) mass is 562 g/mol. The highest BCUT2D eigenvalue weighted by Crippen LogP contribution is 2.28. The molecule has 0 bridgehead atoms. The molecule has 2 aromatic carbocycles. The smallest absolute Gasteiger partial charge is 0.272 e. The van der Waals surface area contributed by atoms with E-state index in [0.717, 1.165) is 12.8 Å². The van der Waals surface area contributed by atoms with Crippen molar-refractivity contribution in [1.29, 1.82) is 0 Å². The van der Waals surface area contributed by atoms with Gasteiger partial charge in [-0.1, -0.05) is 28.9 Å². The number of anilines is 1. The summed E-state index contributed by atoms with van der Waals surface area (Å²) in [5.74, 6) is -0.0151. The number of rotatable bonds is 7. The fraction of sp³-hybridized carbons (Fsp3) is 0.259. The third kappa shape index (κ3) is 5.30. The molecule has 1 aliphatic heterocycles. The van der Waals surface area contributed by atoms with Gasteiger partial charge in [0.1, 0.15) is 17.0 Å². The SMILES string of the molecule is O=C(CCc1nc(-c2ccc(F)cc2)no1)Nc1cnn(C2CCN(C(=O)c3[nH]nc4c(Cl)cccc34)CC2)c1. The number of halogens is 2. The largest absolute Gasteiger partial charge is 0.339 e. The van der Waals surface area contributed by atoms with E-state index >= 15 is 0 Å². The highest BCUT2D eigenvalue weighted by Gasteiger charge is 2.27. The highest BCUT2D eigenvalue weighted by atomic mass is 35.5. The number of hydrogen-bond donors (Lipinski definition) is 2. The van der Waals surface area contributed by atoms with Crippen LogP contribution in [0.25, 0.3) is 22.3 Å². The zero-order chi connectivity index (χ0) is 27.6. The van der Waals surface area contributed by atoms with E-state index < -0.39 is 0 Å². The third-order valence-corrected chi connectivity index (χ3v) is 7.20. The second-order valence-electron chi connectivity index (χ2n) is 9.53. The van der Waals surface area contributed by atoms with E-state index in [1.807, 2.05) is 10.7 Å². The van der Waals surface area contributed by atoms with Crippen molar-refractivity contribution in [3.05, 3.63) is 77.3 Å². The Bertz CT molecular complexity index is 1670. The van der Waals surface area contributed by atoms with Gasteiger partial charge >= 0.3 is 0 Å². The standard InChI is InChI=1S/C27H24ClFN8O3/c28-21-3-1-2-20-24(21)33-34-25(20)27(39)36-12-10-19(11-13-36)37-15-18(14-30-37)31-22(38)8-9-23-32-26(35-40-23)16-4-6-17(29)7-5-16/h1-7,14-15,19H,8-13H2,(H,31,38)(H,33,34). The molecule has 0 atom stereocenters. The second kappa shape index (κ2) is 10.9. The Hall–Kier alpha value is -4.58. The molecule has 1 aliphatic rings. The number of nitrogens with one attached hydrogen (secondary N) is 2. The van der Waals surface area contributed by atoms with Crippen LogP contribution in [0.2, 0.25) is 5.02 Å². The Kier molecular flexibility index (Phi) is 6.99. The van der Waals surface area contributed by atoms with E-state index in [4.69, 9.17) is 16.1 Å². The highest BCUT2D eigenvalue weighted by molar-refractivity contribution is 6.35. The summed E-state index contributed by atoms with van der Waals surface area (Å²) in [5, 5.41) is 19.4. The number of piperidine rings is 1. The van der Waals surface area contributed by atoms with E-state index in [9.17, 15) is 14.0 Å². The summed E-state index contributed by atoms with van der Waals surface area (Å²) in [7, 11) is 0. The van der Waals surface area contributed by atoms with Crippen LogP contribution in [0.5, 0.6) is 0 Å². The lowest BCUT2D eigenvalue weighted by atomic mass is 10.0. The minimum atomic E-state index is -0.349. The van der Waals surface area contributed by atoms with Gasteiger partial charge in [0.2, 0.25) is 17.6 Å². The number of carbonyl (C=O) groups excluding carboxylic acids is 2. The van der Waals surface area contributed by atoms with Gasteiger partial charge < -0.3 is 14.7 Å². The number of aromatic nitrogens is 6. The zero-order valence-corrected chi connectivity index (χ0v) is 21.9. The summed E-state index contributed by atoms with van der Waals surface area (Å²) in [6.07, 6.45) is 5.25. The molecule has 0 spiro atoms. The van der Waals surface area contributed by atoms with Gasteiger partial charge in [-0.25, -0.2) is 4.39 Å². The Morgan fingerprint density at radius 2 is 1.95 bits per heavy atom. The first kappa shape index (κ1) is 25.7. The van der Waals surface area contributed by atoms with Crippen LogP contribution in [0.4, 0.5) is 10.1 Å². The van der Waals surface area contributed by atoms with E-state index in [2.05, 4.69) is 30.8 Å². The molecular formula is C27H24ClFN8O3. The molecule has 0 aliphatic carbocycles. The molecule has 4 heterocycles. The molecule has 6 rings (SSSR count). The fourth-order valence-corrected chi connectivity index (χ4v) is 4.99. The van der Waals surface area contributed by atoms with Crippen LogP contribution in [0.3, 0.4) is 0 Å². The predicted octanol–water partition coefficient (Wildman–Crippen LogP) is 4.65. The van der Waals surface area contributed by atoms with Crippen molar-refractivity contribution in [2.24, 2.45) is 0 Å². The molecular weight excluding hydrogens is 539 g/mol. The predicted molar refractivity (Wildman–Crippen MR) is 144 cm³/mol. The average molecular weight is 563 g/mol. The van der Waals surface area contributed by atoms with Crippen molar-refractivity contribution < 1.29 is 18.5 Å². The summed E-state index contributed by atoms with van der Waals surface area (Å²) in [6.45, 7) is 1.13. The van der Waals surface area contributed by atoms with Gasteiger partial charge in [-0.2, -0.15) is 15.2 Å². The molecule has 13 heteroatoms. The molecule has 1 saturated heterocycles. The zero-order valence-electron chi connectivity index (χ0n) is 21.2. The lowest BCUT2D eigenvalue weighted by Gasteiger charge is -2.31. The minimum Gasteiger partial charge on any atom is -0.339 e. The van der Waals surface area contributed by atoms with Crippen molar-refractivity contribution in [2.75, 3.05) is 18.4 Å². The Morgan fingerprint density at radius 3 is 2.75 bits per heavy atom. The number of amides is 2. The number of para-hydroxylation sites is 1. The Balaban J connectivity index is 0.995. The van der Waals surface area contributed by atoms with Crippen LogP contribution >= 0.6 is 11.6 Å². The number of hydrogen-bond acceptors (Lipinski definition) is 7. The maximum Gasteiger partial charge on any atom is 0.272 e. The number of carbonyl (C=O) groups is 2. The van der Waals surface area contributed by atoms with Gasteiger partial charge in [0.05, 0.1) is 22.9 Å². The minimum absolute atomic E-state index is 0.103. The van der Waals surface area contributed by atoms with E-state index in [1.54, 1.807) is 41.6 Å². The lowest BCUT2D eigenvalue weighted by molar-refractivity contribution is -0.116. The van der Waals surface area contributed by atoms with Crippen molar-refractivity contribution in [3.63, 3.8) is 0 Å². The normalized spacial score (nSPS) is 14.1.